The zero-order valence-electron chi connectivity index (χ0n) is 9.03. The number of aliphatic hydroxyl groups excluding tert-OH is 1. The number of pyridine rings is 1. The van der Waals surface area contributed by atoms with Gasteiger partial charge in [-0.05, 0) is 22.9 Å². The first kappa shape index (κ1) is 16.0. The lowest BCUT2D eigenvalue weighted by atomic mass is 10.3. The van der Waals surface area contributed by atoms with Crippen molar-refractivity contribution >= 4 is 33.4 Å². The van der Waals surface area contributed by atoms with Gasteiger partial charge in [-0.2, -0.15) is 0 Å². The molecule has 98 valence electrons. The third-order valence-corrected chi connectivity index (χ3v) is 2.56. The van der Waals surface area contributed by atoms with Crippen LogP contribution in [0.15, 0.2) is 23.7 Å². The Labute approximate surface area is 105 Å². The number of aliphatic hydroxyl groups is 1. The molecule has 0 bridgehead atoms. The summed E-state index contributed by atoms with van der Waals surface area (Å²) in [7, 11) is 0. The molecule has 2 aromatic heterocycles. The fourth-order valence-corrected chi connectivity index (χ4v) is 1.72. The molecule has 18 heavy (non-hydrogen) atoms. The van der Waals surface area contributed by atoms with E-state index >= 15 is 0 Å². The predicted octanol–water partition coefficient (Wildman–Crippen LogP) is 0.233. The predicted molar refractivity (Wildman–Crippen MR) is 64.9 cm³/mol. The number of hydrogen-bond donors (Lipinski definition) is 3. The van der Waals surface area contributed by atoms with Gasteiger partial charge in [-0.25, -0.2) is 14.6 Å². The van der Waals surface area contributed by atoms with Crippen molar-refractivity contribution < 1.29 is 30.4 Å². The number of aromatic nitrogens is 1. The number of fused-ring (bicyclic) bond motifs is 1. The summed E-state index contributed by atoms with van der Waals surface area (Å²) >= 11 is 1.55. The average Bonchev–Trinajstić information content (AvgIpc) is 2.76. The number of carboxylic acids is 2. The van der Waals surface area contributed by atoms with Gasteiger partial charge in [-0.1, -0.05) is 0 Å². The highest BCUT2D eigenvalue weighted by Crippen LogP contribution is 2.19. The summed E-state index contributed by atoms with van der Waals surface area (Å²) in [6.07, 6.45) is 1.59. The molecule has 5 N–H and O–H groups in total. The molecule has 0 aliphatic rings. The van der Waals surface area contributed by atoms with Gasteiger partial charge in [0.1, 0.15) is 12.3 Å². The lowest BCUT2D eigenvalue weighted by Crippen LogP contribution is -1.98. The van der Waals surface area contributed by atoms with Gasteiger partial charge in [-0.15, -0.1) is 11.3 Å². The van der Waals surface area contributed by atoms with Gasteiger partial charge in [0.2, 0.25) is 0 Å². The van der Waals surface area contributed by atoms with Crippen LogP contribution in [0, 0.1) is 0 Å². The molecule has 0 fully saturated rings. The van der Waals surface area contributed by atoms with Crippen molar-refractivity contribution in [3.63, 3.8) is 0 Å². The Kier molecular flexibility index (Phi) is 6.50. The smallest absolute Gasteiger partial charge is 0.354 e. The largest absolute Gasteiger partial charge is 0.480 e. The van der Waals surface area contributed by atoms with E-state index in [4.69, 9.17) is 20.1 Å². The van der Waals surface area contributed by atoms with E-state index in [9.17, 15) is 4.79 Å². The van der Waals surface area contributed by atoms with E-state index in [-0.39, 0.29) is 11.2 Å². The molecule has 2 aromatic rings. The maximum absolute atomic E-state index is 10.5. The molecule has 2 heterocycles. The number of aliphatic carboxylic acids is 1. The summed E-state index contributed by atoms with van der Waals surface area (Å²) in [6.45, 7) is -0.778. The van der Waals surface area contributed by atoms with Crippen LogP contribution in [0.3, 0.4) is 0 Å². The second-order valence-electron chi connectivity index (χ2n) is 2.88. The quantitative estimate of drug-likeness (QED) is 0.715. The second kappa shape index (κ2) is 7.33. The minimum atomic E-state index is -1.19. The van der Waals surface area contributed by atoms with Crippen LogP contribution in [-0.2, 0) is 4.79 Å². The van der Waals surface area contributed by atoms with Crippen LogP contribution in [0.5, 0.6) is 0 Å². The summed E-state index contributed by atoms with van der Waals surface area (Å²) < 4.78 is 1.01. The van der Waals surface area contributed by atoms with Gasteiger partial charge in [-0.3, -0.25) is 0 Å². The first-order chi connectivity index (χ1) is 8.04. The number of nitrogens with zero attached hydrogens (tertiary/aromatic N) is 1. The minimum absolute atomic E-state index is 0. The molecule has 0 saturated heterocycles. The SMILES string of the molecule is O.O=C(O)CO.O=C(O)c1cc2ccsc2cn1. The third kappa shape index (κ3) is 4.45. The monoisotopic (exact) mass is 273 g/mol. The summed E-state index contributed by atoms with van der Waals surface area (Å²) in [5, 5.41) is 26.5. The highest BCUT2D eigenvalue weighted by Gasteiger charge is 2.04. The average molecular weight is 273 g/mol. The number of rotatable bonds is 2. The molecule has 0 aromatic carbocycles. The normalized spacial score (nSPS) is 8.94. The Morgan fingerprint density at radius 2 is 1.94 bits per heavy atom. The van der Waals surface area contributed by atoms with E-state index in [0.717, 1.165) is 10.1 Å². The van der Waals surface area contributed by atoms with Crippen molar-refractivity contribution in [3.05, 3.63) is 29.4 Å². The Morgan fingerprint density at radius 3 is 2.44 bits per heavy atom. The lowest BCUT2D eigenvalue weighted by Gasteiger charge is -1.92. The molecule has 7 nitrogen and oxygen atoms in total. The van der Waals surface area contributed by atoms with Crippen LogP contribution >= 0.6 is 11.3 Å². The van der Waals surface area contributed by atoms with Crippen LogP contribution in [0.25, 0.3) is 10.1 Å². The van der Waals surface area contributed by atoms with Gasteiger partial charge in [0, 0.05) is 6.20 Å². The van der Waals surface area contributed by atoms with E-state index in [1.54, 1.807) is 23.6 Å². The summed E-state index contributed by atoms with van der Waals surface area (Å²) in [6, 6.07) is 3.46. The molecule has 0 atom stereocenters. The van der Waals surface area contributed by atoms with E-state index in [1.807, 2.05) is 11.4 Å². The topological polar surface area (TPSA) is 139 Å². The molecule has 8 heteroatoms. The summed E-state index contributed by atoms with van der Waals surface area (Å²) in [5.74, 6) is -2.17. The summed E-state index contributed by atoms with van der Waals surface area (Å²) in [4.78, 5) is 23.4. The van der Waals surface area contributed by atoms with Crippen molar-refractivity contribution in [2.45, 2.75) is 0 Å². The van der Waals surface area contributed by atoms with Crippen molar-refractivity contribution in [2.24, 2.45) is 0 Å². The Morgan fingerprint density at radius 1 is 1.33 bits per heavy atom. The number of carbonyl (C=O) groups is 2. The van der Waals surface area contributed by atoms with E-state index < -0.39 is 18.5 Å². The van der Waals surface area contributed by atoms with E-state index in [2.05, 4.69) is 4.98 Å². The van der Waals surface area contributed by atoms with Crippen LogP contribution in [0.4, 0.5) is 0 Å². The number of hydrogen-bond acceptors (Lipinski definition) is 5. The highest BCUT2D eigenvalue weighted by atomic mass is 32.1. The summed E-state index contributed by atoms with van der Waals surface area (Å²) in [5.41, 5.74) is 0.0981. The van der Waals surface area contributed by atoms with Crippen molar-refractivity contribution in [1.82, 2.24) is 4.98 Å². The third-order valence-electron chi connectivity index (χ3n) is 1.69. The molecule has 2 rings (SSSR count). The maximum atomic E-state index is 10.5. The van der Waals surface area contributed by atoms with Gasteiger partial charge in [0.25, 0.3) is 0 Å². The van der Waals surface area contributed by atoms with Crippen LogP contribution in [0.1, 0.15) is 10.5 Å². The lowest BCUT2D eigenvalue weighted by molar-refractivity contribution is -0.140. The number of thiophene rings is 1. The molecular formula is C10H11NO6S. The van der Waals surface area contributed by atoms with Crippen LogP contribution in [0.2, 0.25) is 0 Å². The first-order valence-electron chi connectivity index (χ1n) is 4.43. The van der Waals surface area contributed by atoms with E-state index in [0.29, 0.717) is 0 Å². The van der Waals surface area contributed by atoms with E-state index in [1.165, 1.54) is 0 Å². The Balaban J connectivity index is 0.000000421. The molecule has 0 saturated carbocycles. The van der Waals surface area contributed by atoms with Crippen molar-refractivity contribution in [3.8, 4) is 0 Å². The van der Waals surface area contributed by atoms with Crippen LogP contribution < -0.4 is 0 Å². The molecule has 0 aliphatic carbocycles. The van der Waals surface area contributed by atoms with Gasteiger partial charge < -0.3 is 20.8 Å². The maximum Gasteiger partial charge on any atom is 0.354 e. The Hall–Kier alpha value is -2.03. The Bertz CT molecular complexity index is 538. The molecule has 0 unspecified atom stereocenters. The molecule has 0 spiro atoms. The van der Waals surface area contributed by atoms with Crippen LogP contribution in [-0.4, -0.2) is 44.3 Å². The fraction of sp³-hybridized carbons (Fsp3) is 0.100. The zero-order chi connectivity index (χ0) is 12.8. The van der Waals surface area contributed by atoms with Crippen molar-refractivity contribution in [2.75, 3.05) is 6.61 Å². The molecular weight excluding hydrogens is 262 g/mol. The number of carboxylic acid groups (broad SMARTS) is 2. The molecule has 0 aliphatic heterocycles. The zero-order valence-corrected chi connectivity index (χ0v) is 9.85. The molecule has 0 amide bonds. The second-order valence-corrected chi connectivity index (χ2v) is 3.83. The number of aromatic carboxylic acids is 1. The highest BCUT2D eigenvalue weighted by molar-refractivity contribution is 7.17. The fourth-order valence-electron chi connectivity index (χ4n) is 0.985. The minimum Gasteiger partial charge on any atom is -0.480 e. The van der Waals surface area contributed by atoms with Gasteiger partial charge in [0.15, 0.2) is 0 Å². The molecule has 0 radical (unpaired) electrons. The first-order valence-corrected chi connectivity index (χ1v) is 5.31. The van der Waals surface area contributed by atoms with Crippen molar-refractivity contribution in [1.29, 1.82) is 0 Å². The van der Waals surface area contributed by atoms with Gasteiger partial charge >= 0.3 is 11.9 Å². The standard InChI is InChI=1S/C8H5NO2S.C2H4O3.H2O/c10-8(11)6-3-5-1-2-12-7(5)4-9-6;3-1-2(4)5;/h1-4H,(H,10,11);3H,1H2,(H,4,5);1H2. The van der Waals surface area contributed by atoms with Gasteiger partial charge in [0.05, 0.1) is 4.70 Å².